The predicted octanol–water partition coefficient (Wildman–Crippen LogP) is 1.53. The highest BCUT2D eigenvalue weighted by Gasteiger charge is 2.02. The van der Waals surface area contributed by atoms with Gasteiger partial charge in [0.25, 0.3) is 0 Å². The number of carboxylic acid groups (broad SMARTS) is 1. The molecule has 13 heavy (non-hydrogen) atoms. The SMILES string of the molecule is O=C(O)c1cccc(C#CCBr)n1. The van der Waals surface area contributed by atoms with Crippen LogP contribution in [0.3, 0.4) is 0 Å². The van der Waals surface area contributed by atoms with Crippen molar-refractivity contribution >= 4 is 21.9 Å². The first-order valence-electron chi connectivity index (χ1n) is 3.49. The van der Waals surface area contributed by atoms with E-state index in [1.54, 1.807) is 12.1 Å². The summed E-state index contributed by atoms with van der Waals surface area (Å²) in [4.78, 5) is 14.3. The number of carbonyl (C=O) groups is 1. The van der Waals surface area contributed by atoms with Gasteiger partial charge in [-0.3, -0.25) is 0 Å². The minimum absolute atomic E-state index is 0.0152. The molecule has 0 aliphatic rings. The minimum Gasteiger partial charge on any atom is -0.477 e. The number of aromatic nitrogens is 1. The van der Waals surface area contributed by atoms with E-state index >= 15 is 0 Å². The number of hydrogen-bond donors (Lipinski definition) is 1. The minimum atomic E-state index is -1.04. The summed E-state index contributed by atoms with van der Waals surface area (Å²) in [6.07, 6.45) is 0. The van der Waals surface area contributed by atoms with Crippen molar-refractivity contribution in [2.75, 3.05) is 5.33 Å². The number of hydrogen-bond acceptors (Lipinski definition) is 2. The quantitative estimate of drug-likeness (QED) is 0.598. The summed E-state index contributed by atoms with van der Waals surface area (Å²) in [7, 11) is 0. The Morgan fingerprint density at radius 2 is 2.38 bits per heavy atom. The van der Waals surface area contributed by atoms with Crippen LogP contribution in [-0.2, 0) is 0 Å². The van der Waals surface area contributed by atoms with Crippen LogP contribution in [0, 0.1) is 11.8 Å². The summed E-state index contributed by atoms with van der Waals surface area (Å²) in [6, 6.07) is 4.72. The van der Waals surface area contributed by atoms with Crippen molar-refractivity contribution in [1.82, 2.24) is 4.98 Å². The number of pyridine rings is 1. The third-order valence-corrected chi connectivity index (χ3v) is 1.53. The van der Waals surface area contributed by atoms with Gasteiger partial charge in [-0.1, -0.05) is 27.9 Å². The lowest BCUT2D eigenvalue weighted by Gasteiger charge is -1.92. The van der Waals surface area contributed by atoms with E-state index < -0.39 is 5.97 Å². The van der Waals surface area contributed by atoms with Crippen LogP contribution in [0.15, 0.2) is 18.2 Å². The third kappa shape index (κ3) is 2.88. The van der Waals surface area contributed by atoms with E-state index in [1.807, 2.05) is 0 Å². The highest BCUT2D eigenvalue weighted by Crippen LogP contribution is 1.97. The molecular weight excluding hydrogens is 234 g/mol. The van der Waals surface area contributed by atoms with Gasteiger partial charge in [-0.05, 0) is 18.1 Å². The standard InChI is InChI=1S/C9H6BrNO2/c10-6-2-4-7-3-1-5-8(11-7)9(12)13/h1,3,5H,6H2,(H,12,13). The summed E-state index contributed by atoms with van der Waals surface area (Å²) < 4.78 is 0. The zero-order valence-electron chi connectivity index (χ0n) is 6.62. The molecule has 0 unspecified atom stereocenters. The summed E-state index contributed by atoms with van der Waals surface area (Å²) in [6.45, 7) is 0. The van der Waals surface area contributed by atoms with Crippen molar-refractivity contribution in [1.29, 1.82) is 0 Å². The average Bonchev–Trinajstić information content (AvgIpc) is 2.15. The van der Waals surface area contributed by atoms with Gasteiger partial charge >= 0.3 is 5.97 Å². The zero-order valence-corrected chi connectivity index (χ0v) is 8.21. The van der Waals surface area contributed by atoms with Gasteiger partial charge in [0.1, 0.15) is 11.4 Å². The lowest BCUT2D eigenvalue weighted by Crippen LogP contribution is -2.00. The first-order chi connectivity index (χ1) is 6.24. The van der Waals surface area contributed by atoms with Crippen LogP contribution in [-0.4, -0.2) is 21.4 Å². The van der Waals surface area contributed by atoms with Crippen LogP contribution >= 0.6 is 15.9 Å². The van der Waals surface area contributed by atoms with Gasteiger partial charge in [-0.2, -0.15) is 0 Å². The van der Waals surface area contributed by atoms with Gasteiger partial charge < -0.3 is 5.11 Å². The number of alkyl halides is 1. The van der Waals surface area contributed by atoms with Crippen LogP contribution in [0.25, 0.3) is 0 Å². The van der Waals surface area contributed by atoms with Crippen molar-refractivity contribution in [2.24, 2.45) is 0 Å². The molecule has 1 heterocycles. The van der Waals surface area contributed by atoms with Crippen LogP contribution in [0.5, 0.6) is 0 Å². The maximum atomic E-state index is 10.5. The number of halogens is 1. The van der Waals surface area contributed by atoms with Gasteiger partial charge in [0.05, 0.1) is 5.33 Å². The predicted molar refractivity (Wildman–Crippen MR) is 51.9 cm³/mol. The largest absolute Gasteiger partial charge is 0.477 e. The Morgan fingerprint density at radius 1 is 1.62 bits per heavy atom. The van der Waals surface area contributed by atoms with Crippen molar-refractivity contribution < 1.29 is 9.90 Å². The van der Waals surface area contributed by atoms with Crippen LogP contribution in [0.1, 0.15) is 16.2 Å². The molecule has 0 fully saturated rings. The lowest BCUT2D eigenvalue weighted by molar-refractivity contribution is 0.0690. The molecule has 0 amide bonds. The van der Waals surface area contributed by atoms with Gasteiger partial charge in [-0.25, -0.2) is 9.78 Å². The van der Waals surface area contributed by atoms with Crippen molar-refractivity contribution in [3.05, 3.63) is 29.6 Å². The molecule has 0 radical (unpaired) electrons. The summed E-state index contributed by atoms with van der Waals surface area (Å²) in [5.41, 5.74) is 0.487. The molecule has 0 bridgehead atoms. The normalized spacial score (nSPS) is 8.69. The molecule has 0 aliphatic carbocycles. The van der Waals surface area contributed by atoms with Gasteiger partial charge in [0.2, 0.25) is 0 Å². The fourth-order valence-corrected chi connectivity index (χ4v) is 0.888. The Hall–Kier alpha value is -1.34. The number of carboxylic acids is 1. The highest BCUT2D eigenvalue weighted by atomic mass is 79.9. The maximum absolute atomic E-state index is 10.5. The van der Waals surface area contributed by atoms with E-state index in [0.717, 1.165) is 0 Å². The molecule has 3 nitrogen and oxygen atoms in total. The fraction of sp³-hybridized carbons (Fsp3) is 0.111. The van der Waals surface area contributed by atoms with Gasteiger partial charge in [0, 0.05) is 0 Å². The van der Waals surface area contributed by atoms with Crippen LogP contribution in [0.4, 0.5) is 0 Å². The Bertz CT molecular complexity index is 379. The number of rotatable bonds is 1. The van der Waals surface area contributed by atoms with Crippen molar-refractivity contribution in [2.45, 2.75) is 0 Å². The Labute approximate surface area is 83.9 Å². The molecule has 66 valence electrons. The smallest absolute Gasteiger partial charge is 0.354 e. The Kier molecular flexibility index (Phi) is 3.47. The first kappa shape index (κ1) is 9.75. The fourth-order valence-electron chi connectivity index (χ4n) is 0.747. The molecule has 0 atom stereocenters. The maximum Gasteiger partial charge on any atom is 0.354 e. The second-order valence-electron chi connectivity index (χ2n) is 2.15. The van der Waals surface area contributed by atoms with E-state index in [2.05, 4.69) is 32.8 Å². The van der Waals surface area contributed by atoms with E-state index in [0.29, 0.717) is 11.0 Å². The average molecular weight is 240 g/mol. The lowest BCUT2D eigenvalue weighted by atomic mass is 10.3. The topological polar surface area (TPSA) is 50.2 Å². The van der Waals surface area contributed by atoms with E-state index in [9.17, 15) is 4.79 Å². The summed E-state index contributed by atoms with van der Waals surface area (Å²) in [5.74, 6) is 4.42. The van der Waals surface area contributed by atoms with Crippen molar-refractivity contribution in [3.8, 4) is 11.8 Å². The van der Waals surface area contributed by atoms with Gasteiger partial charge in [-0.15, -0.1) is 0 Å². The van der Waals surface area contributed by atoms with Crippen LogP contribution < -0.4 is 0 Å². The van der Waals surface area contributed by atoms with E-state index in [1.165, 1.54) is 6.07 Å². The van der Waals surface area contributed by atoms with Gasteiger partial charge in [0.15, 0.2) is 0 Å². The molecular formula is C9H6BrNO2. The molecule has 1 N–H and O–H groups in total. The molecule has 0 aromatic carbocycles. The van der Waals surface area contributed by atoms with E-state index in [-0.39, 0.29) is 5.69 Å². The monoisotopic (exact) mass is 239 g/mol. The molecule has 0 saturated heterocycles. The Morgan fingerprint density at radius 3 is 3.00 bits per heavy atom. The summed E-state index contributed by atoms with van der Waals surface area (Å²) in [5, 5.41) is 9.16. The molecule has 1 aromatic heterocycles. The molecule has 0 saturated carbocycles. The van der Waals surface area contributed by atoms with Crippen LogP contribution in [0.2, 0.25) is 0 Å². The molecule has 0 spiro atoms. The second-order valence-corrected chi connectivity index (χ2v) is 2.71. The molecule has 4 heteroatoms. The Balaban J connectivity index is 2.98. The number of aromatic carboxylic acids is 1. The second kappa shape index (κ2) is 4.63. The van der Waals surface area contributed by atoms with Crippen molar-refractivity contribution in [3.63, 3.8) is 0 Å². The highest BCUT2D eigenvalue weighted by molar-refractivity contribution is 9.09. The number of nitrogens with zero attached hydrogens (tertiary/aromatic N) is 1. The molecule has 1 rings (SSSR count). The first-order valence-corrected chi connectivity index (χ1v) is 4.61. The molecule has 0 aliphatic heterocycles. The molecule has 1 aromatic rings. The zero-order chi connectivity index (χ0) is 9.68. The van der Waals surface area contributed by atoms with E-state index in [4.69, 9.17) is 5.11 Å². The third-order valence-electron chi connectivity index (χ3n) is 1.25. The summed E-state index contributed by atoms with van der Waals surface area (Å²) >= 11 is 3.14.